The van der Waals surface area contributed by atoms with E-state index >= 15 is 0 Å². The van der Waals surface area contributed by atoms with Crippen molar-refractivity contribution in [2.45, 2.75) is 25.8 Å². The molecule has 136 valence electrons. The number of anilines is 2. The number of hydrogen-bond donors (Lipinski definition) is 1. The number of benzene rings is 2. The van der Waals surface area contributed by atoms with Crippen LogP contribution in [0.15, 0.2) is 42.5 Å². The van der Waals surface area contributed by atoms with E-state index in [1.54, 1.807) is 0 Å². The van der Waals surface area contributed by atoms with Gasteiger partial charge in [-0.3, -0.25) is 20.2 Å². The van der Waals surface area contributed by atoms with E-state index in [9.17, 15) is 20.2 Å². The molecule has 0 unspecified atom stereocenters. The summed E-state index contributed by atoms with van der Waals surface area (Å²) in [6.45, 7) is 3.35. The molecular formula is C18H20N4O4. The largest absolute Gasteiger partial charge is 0.382 e. The summed E-state index contributed by atoms with van der Waals surface area (Å²) < 4.78 is 0. The highest BCUT2D eigenvalue weighted by Gasteiger charge is 2.27. The molecule has 0 amide bonds. The van der Waals surface area contributed by atoms with Crippen LogP contribution in [-0.4, -0.2) is 29.0 Å². The lowest BCUT2D eigenvalue weighted by molar-refractivity contribution is -0.393. The third-order valence-electron chi connectivity index (χ3n) is 4.59. The molecule has 0 saturated carbocycles. The second-order valence-corrected chi connectivity index (χ2v) is 6.46. The van der Waals surface area contributed by atoms with E-state index in [-0.39, 0.29) is 11.4 Å². The maximum atomic E-state index is 11.3. The van der Waals surface area contributed by atoms with E-state index in [1.165, 1.54) is 17.7 Å². The average molecular weight is 356 g/mol. The van der Waals surface area contributed by atoms with Crippen LogP contribution in [0.3, 0.4) is 0 Å². The molecule has 0 atom stereocenters. The topological polar surface area (TPSA) is 102 Å². The molecule has 0 radical (unpaired) electrons. The van der Waals surface area contributed by atoms with Crippen LogP contribution in [-0.2, 0) is 0 Å². The van der Waals surface area contributed by atoms with Gasteiger partial charge in [0.1, 0.15) is 5.69 Å². The molecule has 0 bridgehead atoms. The molecule has 8 nitrogen and oxygen atoms in total. The maximum absolute atomic E-state index is 11.3. The highest BCUT2D eigenvalue weighted by molar-refractivity contribution is 5.67. The predicted molar refractivity (Wildman–Crippen MR) is 99.8 cm³/mol. The van der Waals surface area contributed by atoms with Crippen LogP contribution in [0.25, 0.3) is 0 Å². The second-order valence-electron chi connectivity index (χ2n) is 6.46. The first-order valence-corrected chi connectivity index (χ1v) is 8.45. The quantitative estimate of drug-likeness (QED) is 0.644. The van der Waals surface area contributed by atoms with Gasteiger partial charge in [-0.15, -0.1) is 0 Å². The predicted octanol–water partition coefficient (Wildman–Crippen LogP) is 3.89. The Bertz CT molecular complexity index is 832. The molecule has 2 aromatic rings. The smallest absolute Gasteiger partial charge is 0.299 e. The molecule has 2 aromatic carbocycles. The number of nitro groups is 2. The van der Waals surface area contributed by atoms with Gasteiger partial charge in [-0.2, -0.15) is 0 Å². The Kier molecular flexibility index (Phi) is 5.01. The molecule has 1 saturated heterocycles. The highest BCUT2D eigenvalue weighted by atomic mass is 16.6. The molecule has 0 aliphatic carbocycles. The molecule has 3 rings (SSSR count). The summed E-state index contributed by atoms with van der Waals surface area (Å²) in [5, 5.41) is 25.7. The van der Waals surface area contributed by atoms with Crippen molar-refractivity contribution in [3.05, 3.63) is 68.3 Å². The summed E-state index contributed by atoms with van der Waals surface area (Å²) >= 11 is 0. The molecular weight excluding hydrogens is 336 g/mol. The SMILES string of the molecule is Cc1cccc(NC2CCN(c3ccc([N+](=O)[O-])cc3[N+](=O)[O-])CC2)c1. The zero-order valence-corrected chi connectivity index (χ0v) is 14.4. The van der Waals surface area contributed by atoms with Crippen molar-refractivity contribution < 1.29 is 9.85 Å². The fourth-order valence-electron chi connectivity index (χ4n) is 3.27. The molecule has 1 N–H and O–H groups in total. The van der Waals surface area contributed by atoms with Gasteiger partial charge in [0.2, 0.25) is 0 Å². The van der Waals surface area contributed by atoms with Gasteiger partial charge in [0.15, 0.2) is 0 Å². The number of nitrogens with one attached hydrogen (secondary N) is 1. The van der Waals surface area contributed by atoms with Gasteiger partial charge in [-0.1, -0.05) is 12.1 Å². The summed E-state index contributed by atoms with van der Waals surface area (Å²) in [5.74, 6) is 0. The third-order valence-corrected chi connectivity index (χ3v) is 4.59. The summed E-state index contributed by atoms with van der Waals surface area (Å²) in [7, 11) is 0. The normalized spacial score (nSPS) is 14.9. The van der Waals surface area contributed by atoms with Gasteiger partial charge >= 0.3 is 0 Å². The van der Waals surface area contributed by atoms with Crippen molar-refractivity contribution in [1.29, 1.82) is 0 Å². The zero-order valence-electron chi connectivity index (χ0n) is 14.4. The van der Waals surface area contributed by atoms with Gasteiger partial charge in [0.25, 0.3) is 11.4 Å². The minimum absolute atomic E-state index is 0.218. The molecule has 0 aromatic heterocycles. The molecule has 1 fully saturated rings. The number of nitro benzene ring substituents is 2. The first-order chi connectivity index (χ1) is 12.4. The van der Waals surface area contributed by atoms with E-state index < -0.39 is 9.85 Å². The summed E-state index contributed by atoms with van der Waals surface area (Å²) in [4.78, 5) is 22.9. The molecule has 0 spiro atoms. The standard InChI is InChI=1S/C18H20N4O4/c1-13-3-2-4-15(11-13)19-14-7-9-20(10-8-14)17-6-5-16(21(23)24)12-18(17)22(25)26/h2-6,11-12,14,19H,7-10H2,1H3. The Morgan fingerprint density at radius 3 is 2.38 bits per heavy atom. The lowest BCUT2D eigenvalue weighted by Crippen LogP contribution is -2.39. The number of hydrogen-bond acceptors (Lipinski definition) is 6. The molecule has 1 aliphatic heterocycles. The fraction of sp³-hybridized carbons (Fsp3) is 0.333. The van der Waals surface area contributed by atoms with Gasteiger partial charge < -0.3 is 10.2 Å². The first-order valence-electron chi connectivity index (χ1n) is 8.45. The Morgan fingerprint density at radius 2 is 1.77 bits per heavy atom. The number of non-ortho nitro benzene ring substituents is 1. The lowest BCUT2D eigenvalue weighted by Gasteiger charge is -2.34. The first kappa shape index (κ1) is 17.7. The van der Waals surface area contributed by atoms with E-state index in [2.05, 4.69) is 11.4 Å². The van der Waals surface area contributed by atoms with Gasteiger partial charge in [0, 0.05) is 30.9 Å². The number of piperidine rings is 1. The van der Waals surface area contributed by atoms with Crippen LogP contribution in [0, 0.1) is 27.2 Å². The van der Waals surface area contributed by atoms with E-state index in [0.29, 0.717) is 24.8 Å². The van der Waals surface area contributed by atoms with Crippen molar-refractivity contribution in [2.24, 2.45) is 0 Å². The lowest BCUT2D eigenvalue weighted by atomic mass is 10.0. The average Bonchev–Trinajstić information content (AvgIpc) is 2.62. The van der Waals surface area contributed by atoms with Crippen molar-refractivity contribution >= 4 is 22.7 Å². The zero-order chi connectivity index (χ0) is 18.7. The van der Waals surface area contributed by atoms with Crippen LogP contribution in [0.2, 0.25) is 0 Å². The minimum atomic E-state index is -0.616. The minimum Gasteiger partial charge on any atom is -0.382 e. The Morgan fingerprint density at radius 1 is 1.04 bits per heavy atom. The van der Waals surface area contributed by atoms with Crippen LogP contribution in [0.1, 0.15) is 18.4 Å². The van der Waals surface area contributed by atoms with Crippen LogP contribution >= 0.6 is 0 Å². The van der Waals surface area contributed by atoms with Crippen LogP contribution < -0.4 is 10.2 Å². The van der Waals surface area contributed by atoms with E-state index in [1.807, 2.05) is 30.0 Å². The van der Waals surface area contributed by atoms with Crippen molar-refractivity contribution in [3.8, 4) is 0 Å². The summed E-state index contributed by atoms with van der Waals surface area (Å²) in [6.07, 6.45) is 1.67. The summed E-state index contributed by atoms with van der Waals surface area (Å²) in [6, 6.07) is 12.3. The summed E-state index contributed by atoms with van der Waals surface area (Å²) in [5.41, 5.74) is 2.22. The number of nitrogens with zero attached hydrogens (tertiary/aromatic N) is 3. The van der Waals surface area contributed by atoms with Crippen molar-refractivity contribution in [2.75, 3.05) is 23.3 Å². The van der Waals surface area contributed by atoms with Crippen LogP contribution in [0.4, 0.5) is 22.7 Å². The molecule has 1 aliphatic rings. The van der Waals surface area contributed by atoms with Gasteiger partial charge in [-0.25, -0.2) is 0 Å². The molecule has 26 heavy (non-hydrogen) atoms. The number of rotatable bonds is 5. The highest BCUT2D eigenvalue weighted by Crippen LogP contribution is 2.33. The molecule has 1 heterocycles. The van der Waals surface area contributed by atoms with E-state index in [4.69, 9.17) is 0 Å². The maximum Gasteiger partial charge on any atom is 0.299 e. The Hall–Kier alpha value is -3.16. The Labute approximate surface area is 150 Å². The van der Waals surface area contributed by atoms with E-state index in [0.717, 1.165) is 24.6 Å². The van der Waals surface area contributed by atoms with Crippen molar-refractivity contribution in [3.63, 3.8) is 0 Å². The van der Waals surface area contributed by atoms with Gasteiger partial charge in [0.05, 0.1) is 15.9 Å². The second kappa shape index (κ2) is 7.38. The third kappa shape index (κ3) is 3.90. The van der Waals surface area contributed by atoms with Crippen LogP contribution in [0.5, 0.6) is 0 Å². The number of aryl methyl sites for hydroxylation is 1. The van der Waals surface area contributed by atoms with Crippen molar-refractivity contribution in [1.82, 2.24) is 0 Å². The Balaban J connectivity index is 1.69. The monoisotopic (exact) mass is 356 g/mol. The molecule has 8 heteroatoms. The van der Waals surface area contributed by atoms with Gasteiger partial charge in [-0.05, 0) is 43.5 Å². The fourth-order valence-corrected chi connectivity index (χ4v) is 3.27.